The van der Waals surface area contributed by atoms with Crippen molar-refractivity contribution < 1.29 is 5.11 Å². The second-order valence-corrected chi connectivity index (χ2v) is 5.66. The lowest BCUT2D eigenvalue weighted by Gasteiger charge is -2.22. The first kappa shape index (κ1) is 14.9. The molecule has 0 aliphatic heterocycles. The predicted molar refractivity (Wildman–Crippen MR) is 84.3 cm³/mol. The lowest BCUT2D eigenvalue weighted by atomic mass is 10.0. The van der Waals surface area contributed by atoms with Crippen molar-refractivity contribution in [2.24, 2.45) is 0 Å². The van der Waals surface area contributed by atoms with Crippen LogP contribution in [-0.4, -0.2) is 5.11 Å². The summed E-state index contributed by atoms with van der Waals surface area (Å²) in [6.45, 7) is 6.19. The maximum absolute atomic E-state index is 9.97. The number of rotatable bonds is 4. The van der Waals surface area contributed by atoms with Gasteiger partial charge in [0, 0.05) is 22.7 Å². The zero-order chi connectivity index (χ0) is 14.7. The molecule has 1 unspecified atom stereocenters. The van der Waals surface area contributed by atoms with Crippen LogP contribution in [0.4, 0.5) is 0 Å². The molecule has 0 amide bonds. The van der Waals surface area contributed by atoms with Crippen LogP contribution in [0.5, 0.6) is 5.75 Å². The molecule has 2 nitrogen and oxygen atoms in total. The molecule has 0 aliphatic carbocycles. The number of hydrogen-bond acceptors (Lipinski definition) is 2. The van der Waals surface area contributed by atoms with Crippen LogP contribution in [0.15, 0.2) is 42.5 Å². The van der Waals surface area contributed by atoms with E-state index < -0.39 is 0 Å². The van der Waals surface area contributed by atoms with E-state index in [1.165, 1.54) is 5.56 Å². The quantitative estimate of drug-likeness (QED) is 0.850. The third-order valence-corrected chi connectivity index (χ3v) is 3.77. The second kappa shape index (κ2) is 6.29. The molecule has 0 saturated heterocycles. The molecule has 2 N–H and O–H groups in total. The Morgan fingerprint density at radius 1 is 1.00 bits per heavy atom. The van der Waals surface area contributed by atoms with E-state index >= 15 is 0 Å². The molecule has 0 heterocycles. The number of benzene rings is 2. The van der Waals surface area contributed by atoms with Crippen molar-refractivity contribution in [1.82, 2.24) is 5.32 Å². The summed E-state index contributed by atoms with van der Waals surface area (Å²) in [5.41, 5.74) is 3.24. The van der Waals surface area contributed by atoms with Crippen molar-refractivity contribution in [3.63, 3.8) is 0 Å². The minimum Gasteiger partial charge on any atom is -0.508 e. The van der Waals surface area contributed by atoms with Gasteiger partial charge in [0.15, 0.2) is 0 Å². The van der Waals surface area contributed by atoms with E-state index in [1.54, 1.807) is 6.07 Å². The number of aryl methyl sites for hydroxylation is 1. The van der Waals surface area contributed by atoms with Crippen LogP contribution in [0.1, 0.15) is 42.6 Å². The molecule has 2 aromatic carbocycles. The highest BCUT2D eigenvalue weighted by Crippen LogP contribution is 2.27. The van der Waals surface area contributed by atoms with Gasteiger partial charge in [-0.05, 0) is 44.5 Å². The third kappa shape index (κ3) is 3.53. The first-order valence-electron chi connectivity index (χ1n) is 6.78. The lowest BCUT2D eigenvalue weighted by molar-refractivity contribution is 0.438. The van der Waals surface area contributed by atoms with Crippen molar-refractivity contribution in [1.29, 1.82) is 0 Å². The van der Waals surface area contributed by atoms with Gasteiger partial charge in [-0.3, -0.25) is 0 Å². The van der Waals surface area contributed by atoms with E-state index in [9.17, 15) is 5.11 Å². The van der Waals surface area contributed by atoms with Gasteiger partial charge < -0.3 is 10.4 Å². The van der Waals surface area contributed by atoms with Crippen molar-refractivity contribution in [3.8, 4) is 5.75 Å². The fourth-order valence-corrected chi connectivity index (χ4v) is 2.46. The Kier molecular flexibility index (Phi) is 4.69. The maximum atomic E-state index is 9.97. The third-order valence-electron chi connectivity index (χ3n) is 3.52. The molecule has 0 aromatic heterocycles. The van der Waals surface area contributed by atoms with Crippen LogP contribution in [0.2, 0.25) is 5.02 Å². The van der Waals surface area contributed by atoms with Gasteiger partial charge in [0.05, 0.1) is 0 Å². The standard InChI is InChI=1S/C17H20ClNO/c1-11-4-9-17(20)16(10-11)13(3)19-12(2)14-5-7-15(18)8-6-14/h4-10,12-13,19-20H,1-3H3/t12-,13?/m0/s1. The van der Waals surface area contributed by atoms with Gasteiger partial charge in [-0.2, -0.15) is 0 Å². The monoisotopic (exact) mass is 289 g/mol. The second-order valence-electron chi connectivity index (χ2n) is 5.22. The normalized spacial score (nSPS) is 14.0. The molecule has 0 spiro atoms. The highest BCUT2D eigenvalue weighted by molar-refractivity contribution is 6.30. The summed E-state index contributed by atoms with van der Waals surface area (Å²) < 4.78 is 0. The highest BCUT2D eigenvalue weighted by atomic mass is 35.5. The van der Waals surface area contributed by atoms with Gasteiger partial charge >= 0.3 is 0 Å². The van der Waals surface area contributed by atoms with Crippen LogP contribution in [0.3, 0.4) is 0 Å². The van der Waals surface area contributed by atoms with E-state index in [0.29, 0.717) is 5.75 Å². The summed E-state index contributed by atoms with van der Waals surface area (Å²) in [6, 6.07) is 13.7. The molecule has 106 valence electrons. The van der Waals surface area contributed by atoms with Crippen molar-refractivity contribution >= 4 is 11.6 Å². The molecule has 3 heteroatoms. The van der Waals surface area contributed by atoms with E-state index in [1.807, 2.05) is 43.3 Å². The molecule has 0 aliphatic rings. The van der Waals surface area contributed by atoms with Gasteiger partial charge in [-0.25, -0.2) is 0 Å². The minimum absolute atomic E-state index is 0.0700. The van der Waals surface area contributed by atoms with Gasteiger partial charge in [0.1, 0.15) is 5.75 Å². The van der Waals surface area contributed by atoms with Gasteiger partial charge in [0.25, 0.3) is 0 Å². The Morgan fingerprint density at radius 3 is 2.30 bits per heavy atom. The first-order valence-corrected chi connectivity index (χ1v) is 7.16. The van der Waals surface area contributed by atoms with Gasteiger partial charge in [-0.15, -0.1) is 0 Å². The fraction of sp³-hybridized carbons (Fsp3) is 0.294. The molecule has 20 heavy (non-hydrogen) atoms. The molecule has 0 saturated carbocycles. The lowest BCUT2D eigenvalue weighted by Crippen LogP contribution is -2.22. The number of nitrogens with one attached hydrogen (secondary N) is 1. The molecular formula is C17H20ClNO. The Morgan fingerprint density at radius 2 is 1.65 bits per heavy atom. The van der Waals surface area contributed by atoms with E-state index in [2.05, 4.69) is 19.2 Å². The number of halogens is 1. The molecule has 2 aromatic rings. The predicted octanol–water partition coefficient (Wildman–Crippen LogP) is 4.77. The summed E-state index contributed by atoms with van der Waals surface area (Å²) in [6.07, 6.45) is 0. The number of hydrogen-bond donors (Lipinski definition) is 2. The Bertz CT molecular complexity index is 580. The van der Waals surface area contributed by atoms with Crippen LogP contribution < -0.4 is 5.32 Å². The summed E-state index contributed by atoms with van der Waals surface area (Å²) in [7, 11) is 0. The van der Waals surface area contributed by atoms with Crippen molar-refractivity contribution in [3.05, 3.63) is 64.2 Å². The number of phenolic OH excluding ortho intramolecular Hbond substituents is 1. The van der Waals surface area contributed by atoms with Crippen LogP contribution in [0.25, 0.3) is 0 Å². The van der Waals surface area contributed by atoms with Crippen LogP contribution in [-0.2, 0) is 0 Å². The first-order chi connectivity index (χ1) is 9.47. The molecule has 0 bridgehead atoms. The van der Waals surface area contributed by atoms with Crippen LogP contribution >= 0.6 is 11.6 Å². The van der Waals surface area contributed by atoms with Crippen molar-refractivity contribution in [2.75, 3.05) is 0 Å². The molecular weight excluding hydrogens is 270 g/mol. The number of phenols is 1. The summed E-state index contributed by atoms with van der Waals surface area (Å²) in [4.78, 5) is 0. The van der Waals surface area contributed by atoms with E-state index in [0.717, 1.165) is 16.1 Å². The van der Waals surface area contributed by atoms with E-state index in [4.69, 9.17) is 11.6 Å². The summed E-state index contributed by atoms with van der Waals surface area (Å²) in [5, 5.41) is 14.2. The number of aromatic hydroxyl groups is 1. The maximum Gasteiger partial charge on any atom is 0.120 e. The van der Waals surface area contributed by atoms with E-state index in [-0.39, 0.29) is 12.1 Å². The fourth-order valence-electron chi connectivity index (χ4n) is 2.33. The molecule has 2 rings (SSSR count). The highest BCUT2D eigenvalue weighted by Gasteiger charge is 2.14. The Labute approximate surface area is 125 Å². The topological polar surface area (TPSA) is 32.3 Å². The van der Waals surface area contributed by atoms with Gasteiger partial charge in [-0.1, -0.05) is 41.4 Å². The molecule has 0 fully saturated rings. The zero-order valence-electron chi connectivity index (χ0n) is 12.0. The largest absolute Gasteiger partial charge is 0.508 e. The SMILES string of the molecule is Cc1ccc(O)c(C(C)N[C@@H](C)c2ccc(Cl)cc2)c1. The average molecular weight is 290 g/mol. The minimum atomic E-state index is 0.0700. The Balaban J connectivity index is 2.12. The smallest absolute Gasteiger partial charge is 0.120 e. The van der Waals surface area contributed by atoms with Gasteiger partial charge in [0.2, 0.25) is 0 Å². The molecule has 2 atom stereocenters. The zero-order valence-corrected chi connectivity index (χ0v) is 12.8. The molecule has 0 radical (unpaired) electrons. The summed E-state index contributed by atoms with van der Waals surface area (Å²) in [5.74, 6) is 0.332. The average Bonchev–Trinajstić information content (AvgIpc) is 2.42. The van der Waals surface area contributed by atoms with Crippen LogP contribution in [0, 0.1) is 6.92 Å². The summed E-state index contributed by atoms with van der Waals surface area (Å²) >= 11 is 5.90. The van der Waals surface area contributed by atoms with Crippen molar-refractivity contribution in [2.45, 2.75) is 32.9 Å². The Hall–Kier alpha value is -1.51.